The number of pyridine rings is 1. The highest BCUT2D eigenvalue weighted by atomic mass is 35.5. The van der Waals surface area contributed by atoms with Crippen LogP contribution in [0.5, 0.6) is 0 Å². The molecule has 2 aromatic heterocycles. The van der Waals surface area contributed by atoms with Crippen LogP contribution in [-0.2, 0) is 4.74 Å². The van der Waals surface area contributed by atoms with Crippen molar-refractivity contribution in [2.45, 2.75) is 13.0 Å². The van der Waals surface area contributed by atoms with Crippen molar-refractivity contribution in [3.05, 3.63) is 41.1 Å². The summed E-state index contributed by atoms with van der Waals surface area (Å²) in [5.41, 5.74) is 6.89. The molecule has 1 atom stereocenters. The van der Waals surface area contributed by atoms with E-state index in [1.165, 1.54) is 7.11 Å². The first kappa shape index (κ1) is 16.0. The molecule has 2 rings (SSSR count). The maximum atomic E-state index is 11.7. The van der Waals surface area contributed by atoms with Crippen molar-refractivity contribution in [3.8, 4) is 0 Å². The van der Waals surface area contributed by atoms with Gasteiger partial charge in [-0.1, -0.05) is 6.07 Å². The SMILES string of the molecule is COC(=O)c1nc(Cl)nc(N(C)C(C)c2ccccn2)c1N. The summed E-state index contributed by atoms with van der Waals surface area (Å²) in [4.78, 5) is 25.7. The zero-order valence-electron chi connectivity index (χ0n) is 12.4. The Labute approximate surface area is 133 Å². The summed E-state index contributed by atoms with van der Waals surface area (Å²) in [6.07, 6.45) is 1.70. The normalized spacial score (nSPS) is 11.8. The molecule has 0 spiro atoms. The number of ether oxygens (including phenoxy) is 1. The number of methoxy groups -OCH3 is 1. The number of nitrogens with two attached hydrogens (primary N) is 1. The first-order chi connectivity index (χ1) is 10.5. The van der Waals surface area contributed by atoms with E-state index in [1.807, 2.05) is 25.1 Å². The van der Waals surface area contributed by atoms with Crippen LogP contribution in [0.25, 0.3) is 0 Å². The highest BCUT2D eigenvalue weighted by molar-refractivity contribution is 6.28. The number of halogens is 1. The smallest absolute Gasteiger partial charge is 0.359 e. The monoisotopic (exact) mass is 321 g/mol. The standard InChI is InChI=1S/C14H16ClN5O2/c1-8(9-6-4-5-7-17-9)20(2)12-10(16)11(13(21)22-3)18-14(15)19-12/h4-8H,16H2,1-3H3. The molecule has 116 valence electrons. The van der Waals surface area contributed by atoms with Gasteiger partial charge in [0.1, 0.15) is 5.69 Å². The van der Waals surface area contributed by atoms with Crippen molar-refractivity contribution in [1.82, 2.24) is 15.0 Å². The quantitative estimate of drug-likeness (QED) is 0.680. The summed E-state index contributed by atoms with van der Waals surface area (Å²) >= 11 is 5.89. The van der Waals surface area contributed by atoms with Gasteiger partial charge in [0.15, 0.2) is 11.5 Å². The van der Waals surface area contributed by atoms with Gasteiger partial charge in [-0.25, -0.2) is 9.78 Å². The molecule has 0 fully saturated rings. The van der Waals surface area contributed by atoms with Gasteiger partial charge in [-0.15, -0.1) is 0 Å². The number of carbonyl (C=O) groups is 1. The molecule has 2 aromatic rings. The first-order valence-corrected chi connectivity index (χ1v) is 6.88. The predicted molar refractivity (Wildman–Crippen MR) is 83.8 cm³/mol. The molecule has 0 radical (unpaired) electrons. The molecule has 0 amide bonds. The lowest BCUT2D eigenvalue weighted by Gasteiger charge is -2.27. The molecule has 0 aromatic carbocycles. The number of carbonyl (C=O) groups excluding carboxylic acids is 1. The third-order valence-electron chi connectivity index (χ3n) is 3.31. The number of hydrogen-bond donors (Lipinski definition) is 1. The fourth-order valence-electron chi connectivity index (χ4n) is 1.96. The topological polar surface area (TPSA) is 94.2 Å². The molecule has 1 unspecified atom stereocenters. The van der Waals surface area contributed by atoms with Gasteiger partial charge in [0.25, 0.3) is 0 Å². The van der Waals surface area contributed by atoms with E-state index in [0.29, 0.717) is 5.82 Å². The molecule has 8 heteroatoms. The molecule has 0 saturated heterocycles. The molecule has 7 nitrogen and oxygen atoms in total. The van der Waals surface area contributed by atoms with E-state index >= 15 is 0 Å². The van der Waals surface area contributed by atoms with E-state index < -0.39 is 5.97 Å². The molecule has 0 saturated carbocycles. The predicted octanol–water partition coefficient (Wildman–Crippen LogP) is 2.09. The molecule has 2 heterocycles. The minimum Gasteiger partial charge on any atom is -0.464 e. The highest BCUT2D eigenvalue weighted by Gasteiger charge is 2.23. The van der Waals surface area contributed by atoms with E-state index in [4.69, 9.17) is 17.3 Å². The van der Waals surface area contributed by atoms with E-state index in [9.17, 15) is 4.79 Å². The van der Waals surface area contributed by atoms with Crippen LogP contribution >= 0.6 is 11.6 Å². The molecular weight excluding hydrogens is 306 g/mol. The van der Waals surface area contributed by atoms with Crippen molar-refractivity contribution in [2.75, 3.05) is 24.8 Å². The fraction of sp³-hybridized carbons (Fsp3) is 0.286. The van der Waals surface area contributed by atoms with Crippen LogP contribution in [0.1, 0.15) is 29.1 Å². The molecule has 2 N–H and O–H groups in total. The second kappa shape index (κ2) is 6.57. The van der Waals surface area contributed by atoms with Crippen molar-refractivity contribution in [1.29, 1.82) is 0 Å². The number of rotatable bonds is 4. The average molecular weight is 322 g/mol. The van der Waals surface area contributed by atoms with Crippen LogP contribution in [-0.4, -0.2) is 35.1 Å². The number of aromatic nitrogens is 3. The molecule has 0 aliphatic rings. The zero-order valence-corrected chi connectivity index (χ0v) is 13.2. The average Bonchev–Trinajstić information content (AvgIpc) is 2.55. The molecule has 0 bridgehead atoms. The minimum absolute atomic E-state index is 0.0578. The second-order valence-electron chi connectivity index (χ2n) is 4.61. The molecule has 22 heavy (non-hydrogen) atoms. The number of esters is 1. The van der Waals surface area contributed by atoms with Gasteiger partial charge in [0, 0.05) is 13.2 Å². The number of anilines is 2. The van der Waals surface area contributed by atoms with Crippen molar-refractivity contribution in [2.24, 2.45) is 0 Å². The maximum Gasteiger partial charge on any atom is 0.359 e. The summed E-state index contributed by atoms with van der Waals surface area (Å²) in [6, 6.07) is 5.49. The summed E-state index contributed by atoms with van der Waals surface area (Å²) in [5.74, 6) is -0.319. The Balaban J connectivity index is 2.43. The van der Waals surface area contributed by atoms with E-state index in [0.717, 1.165) is 5.69 Å². The molecular formula is C14H16ClN5O2. The van der Waals surface area contributed by atoms with Gasteiger partial charge in [0.05, 0.1) is 18.8 Å². The Morgan fingerprint density at radius 1 is 1.41 bits per heavy atom. The summed E-state index contributed by atoms with van der Waals surface area (Å²) < 4.78 is 4.65. The molecule has 0 aliphatic carbocycles. The summed E-state index contributed by atoms with van der Waals surface area (Å²) in [5, 5.41) is -0.0790. The van der Waals surface area contributed by atoms with E-state index in [-0.39, 0.29) is 22.7 Å². The van der Waals surface area contributed by atoms with Gasteiger partial charge >= 0.3 is 5.97 Å². The largest absolute Gasteiger partial charge is 0.464 e. The van der Waals surface area contributed by atoms with Crippen LogP contribution in [0.15, 0.2) is 24.4 Å². The summed E-state index contributed by atoms with van der Waals surface area (Å²) in [7, 11) is 3.03. The van der Waals surface area contributed by atoms with Crippen LogP contribution in [0.2, 0.25) is 5.28 Å². The lowest BCUT2D eigenvalue weighted by atomic mass is 10.2. The Morgan fingerprint density at radius 3 is 2.73 bits per heavy atom. The number of nitrogen functional groups attached to an aromatic ring is 1. The lowest BCUT2D eigenvalue weighted by molar-refractivity contribution is 0.0595. The van der Waals surface area contributed by atoms with E-state index in [1.54, 1.807) is 18.1 Å². The Morgan fingerprint density at radius 2 is 2.14 bits per heavy atom. The minimum atomic E-state index is -0.665. The number of nitrogens with zero attached hydrogens (tertiary/aromatic N) is 4. The van der Waals surface area contributed by atoms with Crippen LogP contribution in [0, 0.1) is 0 Å². The first-order valence-electron chi connectivity index (χ1n) is 6.50. The maximum absolute atomic E-state index is 11.7. The van der Waals surface area contributed by atoms with Crippen molar-refractivity contribution >= 4 is 29.1 Å². The van der Waals surface area contributed by atoms with Crippen molar-refractivity contribution < 1.29 is 9.53 Å². The van der Waals surface area contributed by atoms with Gasteiger partial charge in [-0.3, -0.25) is 4.98 Å². The van der Waals surface area contributed by atoms with Crippen LogP contribution < -0.4 is 10.6 Å². The Kier molecular flexibility index (Phi) is 4.77. The third kappa shape index (κ3) is 3.09. The van der Waals surface area contributed by atoms with Crippen molar-refractivity contribution in [3.63, 3.8) is 0 Å². The van der Waals surface area contributed by atoms with Crippen LogP contribution in [0.3, 0.4) is 0 Å². The fourth-order valence-corrected chi connectivity index (χ4v) is 2.12. The third-order valence-corrected chi connectivity index (χ3v) is 3.48. The highest BCUT2D eigenvalue weighted by Crippen LogP contribution is 2.30. The zero-order chi connectivity index (χ0) is 16.3. The van der Waals surface area contributed by atoms with Crippen LogP contribution in [0.4, 0.5) is 11.5 Å². The molecule has 0 aliphatic heterocycles. The summed E-state index contributed by atoms with van der Waals surface area (Å²) in [6.45, 7) is 1.94. The van der Waals surface area contributed by atoms with E-state index in [2.05, 4.69) is 19.7 Å². The van der Waals surface area contributed by atoms with Gasteiger partial charge in [-0.05, 0) is 30.7 Å². The van der Waals surface area contributed by atoms with Gasteiger partial charge in [-0.2, -0.15) is 4.98 Å². The Hall–Kier alpha value is -2.41. The lowest BCUT2D eigenvalue weighted by Crippen LogP contribution is -2.26. The Bertz CT molecular complexity index is 680. The second-order valence-corrected chi connectivity index (χ2v) is 4.95. The number of hydrogen-bond acceptors (Lipinski definition) is 7. The van der Waals surface area contributed by atoms with Gasteiger partial charge in [0.2, 0.25) is 5.28 Å². The van der Waals surface area contributed by atoms with Gasteiger partial charge < -0.3 is 15.4 Å².